The Hall–Kier alpha value is -1.65. The maximum atomic E-state index is 5.99. The lowest BCUT2D eigenvalue weighted by Crippen LogP contribution is -2.21. The van der Waals surface area contributed by atoms with Crippen molar-refractivity contribution in [3.05, 3.63) is 52.3 Å². The first-order valence-electron chi connectivity index (χ1n) is 7.63. The van der Waals surface area contributed by atoms with Gasteiger partial charge in [-0.2, -0.15) is 5.10 Å². The maximum Gasteiger partial charge on any atom is 0.102 e. The maximum absolute atomic E-state index is 5.99. The summed E-state index contributed by atoms with van der Waals surface area (Å²) in [6, 6.07) is 8.56. The van der Waals surface area contributed by atoms with Crippen LogP contribution in [0.3, 0.4) is 0 Å². The third-order valence-electron chi connectivity index (χ3n) is 4.36. The van der Waals surface area contributed by atoms with Gasteiger partial charge in [-0.25, -0.2) is 0 Å². The molecule has 0 saturated carbocycles. The number of fused-ring (bicyclic) bond motifs is 1. The highest BCUT2D eigenvalue weighted by Crippen LogP contribution is 2.29. The third-order valence-corrected chi connectivity index (χ3v) is 4.36. The van der Waals surface area contributed by atoms with Gasteiger partial charge in [-0.3, -0.25) is 4.68 Å². The summed E-state index contributed by atoms with van der Waals surface area (Å²) >= 11 is 0. The van der Waals surface area contributed by atoms with Gasteiger partial charge in [-0.1, -0.05) is 24.3 Å². The molecule has 21 heavy (non-hydrogen) atoms. The molecule has 2 N–H and O–H groups in total. The molecule has 0 spiro atoms. The number of aromatic nitrogens is 2. The number of rotatable bonds is 4. The molecule has 2 aromatic rings. The van der Waals surface area contributed by atoms with Crippen molar-refractivity contribution >= 4 is 0 Å². The lowest BCUT2D eigenvalue weighted by Gasteiger charge is -2.26. The van der Waals surface area contributed by atoms with E-state index in [0.717, 1.165) is 31.7 Å². The molecule has 0 saturated heterocycles. The molecule has 0 amide bonds. The summed E-state index contributed by atoms with van der Waals surface area (Å²) in [7, 11) is 0. The molecular weight excluding hydrogens is 262 g/mol. The van der Waals surface area contributed by atoms with E-state index in [4.69, 9.17) is 10.5 Å². The number of nitrogens with two attached hydrogens (primary N) is 1. The van der Waals surface area contributed by atoms with Gasteiger partial charge in [-0.05, 0) is 49.9 Å². The first-order chi connectivity index (χ1) is 10.2. The predicted molar refractivity (Wildman–Crippen MR) is 83.3 cm³/mol. The number of hydrogen-bond acceptors (Lipinski definition) is 3. The van der Waals surface area contributed by atoms with Gasteiger partial charge in [0.05, 0.1) is 18.8 Å². The number of aryl methyl sites for hydroxylation is 1. The minimum absolute atomic E-state index is 0.0960. The zero-order valence-electron chi connectivity index (χ0n) is 12.8. The normalized spacial score (nSPS) is 17.8. The molecule has 1 aromatic carbocycles. The van der Waals surface area contributed by atoms with Crippen molar-refractivity contribution in [1.29, 1.82) is 0 Å². The van der Waals surface area contributed by atoms with Crippen molar-refractivity contribution in [3.8, 4) is 0 Å². The fourth-order valence-corrected chi connectivity index (χ4v) is 3.20. The molecule has 1 aliphatic heterocycles. The molecule has 4 nitrogen and oxygen atoms in total. The van der Waals surface area contributed by atoms with E-state index in [9.17, 15) is 0 Å². The van der Waals surface area contributed by atoms with E-state index in [1.54, 1.807) is 0 Å². The summed E-state index contributed by atoms with van der Waals surface area (Å²) in [4.78, 5) is 0. The second-order valence-corrected chi connectivity index (χ2v) is 5.68. The number of hydrogen-bond donors (Lipinski definition) is 1. The standard InChI is InChI=1S/C17H23N3O/c1-12-15(7-9-18)13(2)20(19-12)11-17-16-6-4-3-5-14(16)8-10-21-17/h3-6,17H,7-11,18H2,1-2H3. The van der Waals surface area contributed by atoms with E-state index in [-0.39, 0.29) is 6.10 Å². The van der Waals surface area contributed by atoms with Crippen molar-refractivity contribution in [2.24, 2.45) is 5.73 Å². The summed E-state index contributed by atoms with van der Waals surface area (Å²) in [5.41, 5.74) is 12.0. The van der Waals surface area contributed by atoms with Gasteiger partial charge in [0, 0.05) is 5.69 Å². The smallest absolute Gasteiger partial charge is 0.102 e. The Balaban J connectivity index is 1.87. The Labute approximate surface area is 125 Å². The van der Waals surface area contributed by atoms with Gasteiger partial charge >= 0.3 is 0 Å². The number of benzene rings is 1. The zero-order chi connectivity index (χ0) is 14.8. The fourth-order valence-electron chi connectivity index (χ4n) is 3.20. The molecule has 0 radical (unpaired) electrons. The second kappa shape index (κ2) is 6.00. The first kappa shape index (κ1) is 14.3. The molecule has 1 aliphatic rings. The summed E-state index contributed by atoms with van der Waals surface area (Å²) in [5, 5.41) is 4.68. The largest absolute Gasteiger partial charge is 0.371 e. The van der Waals surface area contributed by atoms with Gasteiger partial charge in [0.2, 0.25) is 0 Å². The van der Waals surface area contributed by atoms with Crippen LogP contribution in [0.15, 0.2) is 24.3 Å². The van der Waals surface area contributed by atoms with Crippen molar-refractivity contribution in [2.75, 3.05) is 13.2 Å². The molecule has 0 aliphatic carbocycles. The van der Waals surface area contributed by atoms with Crippen LogP contribution in [0.5, 0.6) is 0 Å². The SMILES string of the molecule is Cc1nn(CC2OCCc3ccccc32)c(C)c1CCN. The van der Waals surface area contributed by atoms with Crippen LogP contribution >= 0.6 is 0 Å². The monoisotopic (exact) mass is 285 g/mol. The predicted octanol–water partition coefficient (Wildman–Crippen LogP) is 2.32. The molecule has 1 aromatic heterocycles. The van der Waals surface area contributed by atoms with E-state index >= 15 is 0 Å². The van der Waals surface area contributed by atoms with Gasteiger partial charge in [0.25, 0.3) is 0 Å². The van der Waals surface area contributed by atoms with E-state index in [1.165, 1.54) is 22.4 Å². The Bertz CT molecular complexity index is 633. The van der Waals surface area contributed by atoms with Crippen LogP contribution in [0, 0.1) is 13.8 Å². The minimum atomic E-state index is 0.0960. The summed E-state index contributed by atoms with van der Waals surface area (Å²) in [6.07, 6.45) is 1.99. The molecule has 0 bridgehead atoms. The van der Waals surface area contributed by atoms with E-state index in [0.29, 0.717) is 6.54 Å². The van der Waals surface area contributed by atoms with Gasteiger partial charge in [-0.15, -0.1) is 0 Å². The highest BCUT2D eigenvalue weighted by Gasteiger charge is 2.22. The van der Waals surface area contributed by atoms with Gasteiger partial charge in [0.1, 0.15) is 6.10 Å². The van der Waals surface area contributed by atoms with Gasteiger partial charge < -0.3 is 10.5 Å². The van der Waals surface area contributed by atoms with Crippen molar-refractivity contribution in [1.82, 2.24) is 9.78 Å². The average molecular weight is 285 g/mol. The van der Waals surface area contributed by atoms with Crippen LogP contribution in [0.25, 0.3) is 0 Å². The highest BCUT2D eigenvalue weighted by molar-refractivity contribution is 5.31. The number of ether oxygens (including phenoxy) is 1. The van der Waals surface area contributed by atoms with Crippen molar-refractivity contribution in [2.45, 2.75) is 39.3 Å². The molecule has 1 atom stereocenters. The van der Waals surface area contributed by atoms with Crippen LogP contribution < -0.4 is 5.73 Å². The van der Waals surface area contributed by atoms with E-state index in [1.807, 2.05) is 0 Å². The number of nitrogens with zero attached hydrogens (tertiary/aromatic N) is 2. The Morgan fingerprint density at radius 2 is 2.14 bits per heavy atom. The second-order valence-electron chi connectivity index (χ2n) is 5.68. The molecule has 2 heterocycles. The Morgan fingerprint density at radius 3 is 2.95 bits per heavy atom. The van der Waals surface area contributed by atoms with E-state index < -0.39 is 0 Å². The zero-order valence-corrected chi connectivity index (χ0v) is 12.8. The van der Waals surface area contributed by atoms with Crippen LogP contribution in [-0.4, -0.2) is 22.9 Å². The fraction of sp³-hybridized carbons (Fsp3) is 0.471. The van der Waals surface area contributed by atoms with Crippen LogP contribution in [0.2, 0.25) is 0 Å². The summed E-state index contributed by atoms with van der Waals surface area (Å²) < 4.78 is 8.06. The molecule has 112 valence electrons. The molecule has 3 rings (SSSR count). The topological polar surface area (TPSA) is 53.1 Å². The van der Waals surface area contributed by atoms with Crippen LogP contribution in [0.1, 0.15) is 34.2 Å². The molecule has 1 unspecified atom stereocenters. The quantitative estimate of drug-likeness (QED) is 0.938. The Morgan fingerprint density at radius 1 is 1.33 bits per heavy atom. The van der Waals surface area contributed by atoms with Crippen molar-refractivity contribution < 1.29 is 4.74 Å². The lowest BCUT2D eigenvalue weighted by atomic mass is 9.97. The first-order valence-corrected chi connectivity index (χ1v) is 7.63. The molecule has 4 heteroatoms. The van der Waals surface area contributed by atoms with Crippen molar-refractivity contribution in [3.63, 3.8) is 0 Å². The summed E-state index contributed by atoms with van der Waals surface area (Å²) in [6.45, 7) is 6.41. The minimum Gasteiger partial charge on any atom is -0.371 e. The van der Waals surface area contributed by atoms with Crippen LogP contribution in [-0.2, 0) is 24.1 Å². The highest BCUT2D eigenvalue weighted by atomic mass is 16.5. The average Bonchev–Trinajstić information content (AvgIpc) is 2.76. The Kier molecular flexibility index (Phi) is 4.08. The molecule has 0 fully saturated rings. The van der Waals surface area contributed by atoms with Crippen LogP contribution in [0.4, 0.5) is 0 Å². The van der Waals surface area contributed by atoms with E-state index in [2.05, 4.69) is 47.9 Å². The van der Waals surface area contributed by atoms with Gasteiger partial charge in [0.15, 0.2) is 0 Å². The molecular formula is C17H23N3O. The lowest BCUT2D eigenvalue weighted by molar-refractivity contribution is 0.0278. The summed E-state index contributed by atoms with van der Waals surface area (Å²) in [5.74, 6) is 0. The third kappa shape index (κ3) is 2.74.